The Labute approximate surface area is 128 Å². The van der Waals surface area contributed by atoms with Crippen LogP contribution in [-0.4, -0.2) is 22.2 Å². The van der Waals surface area contributed by atoms with Gasteiger partial charge in [0.15, 0.2) is 0 Å². The molecule has 5 nitrogen and oxygen atoms in total. The number of halogens is 3. The number of ether oxygens (including phenoxy) is 1. The minimum Gasteiger partial charge on any atom is -0.481 e. The van der Waals surface area contributed by atoms with Crippen LogP contribution in [-0.2, 0) is 6.18 Å². The van der Waals surface area contributed by atoms with Crippen molar-refractivity contribution < 1.29 is 22.4 Å². The zero-order valence-electron chi connectivity index (χ0n) is 11.8. The average molecular weight is 321 g/mol. The summed E-state index contributed by atoms with van der Waals surface area (Å²) in [5.41, 5.74) is 0.292. The number of alkyl halides is 3. The van der Waals surface area contributed by atoms with Crippen LogP contribution in [0.1, 0.15) is 5.56 Å². The number of rotatable bonds is 3. The minimum atomic E-state index is -4.38. The van der Waals surface area contributed by atoms with E-state index in [4.69, 9.17) is 9.26 Å². The molecule has 23 heavy (non-hydrogen) atoms. The van der Waals surface area contributed by atoms with E-state index < -0.39 is 11.7 Å². The molecule has 0 unspecified atom stereocenters. The first-order valence-electron chi connectivity index (χ1n) is 6.49. The molecule has 0 saturated heterocycles. The van der Waals surface area contributed by atoms with Crippen LogP contribution in [0.25, 0.3) is 22.8 Å². The van der Waals surface area contributed by atoms with Gasteiger partial charge < -0.3 is 9.26 Å². The van der Waals surface area contributed by atoms with Gasteiger partial charge in [0.2, 0.25) is 11.7 Å². The Bertz CT molecular complexity index is 813. The van der Waals surface area contributed by atoms with Gasteiger partial charge in [-0.2, -0.15) is 18.2 Å². The van der Waals surface area contributed by atoms with Crippen molar-refractivity contribution in [3.63, 3.8) is 0 Å². The van der Waals surface area contributed by atoms with Crippen molar-refractivity contribution in [1.82, 2.24) is 15.1 Å². The van der Waals surface area contributed by atoms with E-state index in [2.05, 4.69) is 15.1 Å². The molecule has 8 heteroatoms. The molecule has 0 N–H and O–H groups in total. The van der Waals surface area contributed by atoms with Crippen molar-refractivity contribution in [3.8, 4) is 28.7 Å². The topological polar surface area (TPSA) is 61.0 Å². The predicted octanol–water partition coefficient (Wildman–Crippen LogP) is 3.83. The van der Waals surface area contributed by atoms with Gasteiger partial charge >= 0.3 is 6.18 Å². The van der Waals surface area contributed by atoms with Gasteiger partial charge in [-0.25, -0.2) is 4.98 Å². The smallest absolute Gasteiger partial charge is 0.416 e. The van der Waals surface area contributed by atoms with Crippen LogP contribution in [0.4, 0.5) is 13.2 Å². The Kier molecular flexibility index (Phi) is 3.73. The monoisotopic (exact) mass is 321 g/mol. The Morgan fingerprint density at radius 1 is 1.04 bits per heavy atom. The second kappa shape index (κ2) is 5.71. The molecule has 2 heterocycles. The number of pyridine rings is 1. The number of benzene rings is 1. The Morgan fingerprint density at radius 3 is 2.43 bits per heavy atom. The summed E-state index contributed by atoms with van der Waals surface area (Å²) in [5.74, 6) is 0.807. The van der Waals surface area contributed by atoms with Crippen molar-refractivity contribution in [3.05, 3.63) is 48.2 Å². The standard InChI is InChI=1S/C15H10F3N3O2/c1-22-12-8-10(6-7-19-12)14-20-13(21-23-14)9-2-4-11(5-3-9)15(16,17)18/h2-8H,1H3. The third-order valence-electron chi connectivity index (χ3n) is 3.09. The van der Waals surface area contributed by atoms with Crippen LogP contribution in [0.15, 0.2) is 47.1 Å². The molecule has 0 saturated carbocycles. The fourth-order valence-corrected chi connectivity index (χ4v) is 1.92. The number of aromatic nitrogens is 3. The van der Waals surface area contributed by atoms with Crippen molar-refractivity contribution in [2.24, 2.45) is 0 Å². The molecule has 0 radical (unpaired) electrons. The van der Waals surface area contributed by atoms with E-state index in [0.717, 1.165) is 12.1 Å². The van der Waals surface area contributed by atoms with E-state index in [9.17, 15) is 13.2 Å². The first-order valence-corrected chi connectivity index (χ1v) is 6.49. The molecular formula is C15H10F3N3O2. The molecule has 2 aromatic heterocycles. The van der Waals surface area contributed by atoms with E-state index in [1.54, 1.807) is 12.1 Å². The van der Waals surface area contributed by atoms with Crippen LogP contribution in [0, 0.1) is 0 Å². The molecule has 0 aliphatic rings. The van der Waals surface area contributed by atoms with Crippen LogP contribution < -0.4 is 4.74 Å². The summed E-state index contributed by atoms with van der Waals surface area (Å²) in [6, 6.07) is 7.81. The summed E-state index contributed by atoms with van der Waals surface area (Å²) >= 11 is 0. The Balaban J connectivity index is 1.89. The molecule has 0 spiro atoms. The molecule has 3 aromatic rings. The lowest BCUT2D eigenvalue weighted by molar-refractivity contribution is -0.137. The molecule has 0 atom stereocenters. The molecule has 0 aliphatic carbocycles. The fraction of sp³-hybridized carbons (Fsp3) is 0.133. The fourth-order valence-electron chi connectivity index (χ4n) is 1.92. The predicted molar refractivity (Wildman–Crippen MR) is 74.5 cm³/mol. The number of hydrogen-bond acceptors (Lipinski definition) is 5. The first-order chi connectivity index (χ1) is 11.0. The minimum absolute atomic E-state index is 0.199. The number of nitrogens with zero attached hydrogens (tertiary/aromatic N) is 3. The number of hydrogen-bond donors (Lipinski definition) is 0. The maximum absolute atomic E-state index is 12.6. The lowest BCUT2D eigenvalue weighted by atomic mass is 10.1. The summed E-state index contributed by atoms with van der Waals surface area (Å²) < 4.78 is 47.8. The van der Waals surface area contributed by atoms with Gasteiger partial charge in [-0.1, -0.05) is 17.3 Å². The highest BCUT2D eigenvalue weighted by Crippen LogP contribution is 2.31. The summed E-state index contributed by atoms with van der Waals surface area (Å²) in [6.07, 6.45) is -2.86. The molecule has 118 valence electrons. The normalized spacial score (nSPS) is 11.5. The second-order valence-corrected chi connectivity index (χ2v) is 4.59. The van der Waals surface area contributed by atoms with Gasteiger partial charge in [-0.05, 0) is 18.2 Å². The van der Waals surface area contributed by atoms with Gasteiger partial charge in [0, 0.05) is 23.4 Å². The molecule has 0 aliphatic heterocycles. The third kappa shape index (κ3) is 3.15. The van der Waals surface area contributed by atoms with Crippen LogP contribution in [0.3, 0.4) is 0 Å². The molecule has 3 rings (SSSR count). The van der Waals surface area contributed by atoms with Gasteiger partial charge in [0.1, 0.15) is 0 Å². The number of methoxy groups -OCH3 is 1. The van der Waals surface area contributed by atoms with Gasteiger partial charge in [-0.15, -0.1) is 0 Å². The summed E-state index contributed by atoms with van der Waals surface area (Å²) in [5, 5.41) is 3.78. The lowest BCUT2D eigenvalue weighted by Gasteiger charge is -2.05. The van der Waals surface area contributed by atoms with Gasteiger partial charge in [0.05, 0.1) is 12.7 Å². The van der Waals surface area contributed by atoms with Gasteiger partial charge in [-0.3, -0.25) is 0 Å². The highest BCUT2D eigenvalue weighted by molar-refractivity contribution is 5.60. The van der Waals surface area contributed by atoms with Crippen LogP contribution in [0.5, 0.6) is 5.88 Å². The first kappa shape index (κ1) is 15.0. The SMILES string of the molecule is COc1cc(-c2nc(-c3ccc(C(F)(F)F)cc3)no2)ccn1. The quantitative estimate of drug-likeness (QED) is 0.734. The average Bonchev–Trinajstić information content (AvgIpc) is 3.04. The van der Waals surface area contributed by atoms with Crippen molar-refractivity contribution in [2.75, 3.05) is 7.11 Å². The second-order valence-electron chi connectivity index (χ2n) is 4.59. The Morgan fingerprint density at radius 2 is 1.78 bits per heavy atom. The van der Waals surface area contributed by atoms with Crippen molar-refractivity contribution in [1.29, 1.82) is 0 Å². The zero-order chi connectivity index (χ0) is 16.4. The summed E-state index contributed by atoms with van der Waals surface area (Å²) in [6.45, 7) is 0. The highest BCUT2D eigenvalue weighted by atomic mass is 19.4. The third-order valence-corrected chi connectivity index (χ3v) is 3.09. The zero-order valence-corrected chi connectivity index (χ0v) is 11.8. The van der Waals surface area contributed by atoms with Gasteiger partial charge in [0.25, 0.3) is 5.89 Å². The van der Waals surface area contributed by atoms with Crippen molar-refractivity contribution in [2.45, 2.75) is 6.18 Å². The summed E-state index contributed by atoms with van der Waals surface area (Å²) in [4.78, 5) is 8.14. The van der Waals surface area contributed by atoms with E-state index in [0.29, 0.717) is 17.0 Å². The van der Waals surface area contributed by atoms with Crippen LogP contribution in [0.2, 0.25) is 0 Å². The molecular weight excluding hydrogens is 311 g/mol. The molecule has 0 bridgehead atoms. The summed E-state index contributed by atoms with van der Waals surface area (Å²) in [7, 11) is 1.48. The largest absolute Gasteiger partial charge is 0.481 e. The Hall–Kier alpha value is -2.90. The maximum atomic E-state index is 12.6. The lowest BCUT2D eigenvalue weighted by Crippen LogP contribution is -2.04. The molecule has 0 amide bonds. The molecule has 0 fully saturated rings. The van der Waals surface area contributed by atoms with Crippen LogP contribution >= 0.6 is 0 Å². The van der Waals surface area contributed by atoms with E-state index in [1.807, 2.05) is 0 Å². The molecule has 1 aromatic carbocycles. The van der Waals surface area contributed by atoms with E-state index in [-0.39, 0.29) is 11.7 Å². The highest BCUT2D eigenvalue weighted by Gasteiger charge is 2.30. The van der Waals surface area contributed by atoms with Crippen molar-refractivity contribution >= 4 is 0 Å². The maximum Gasteiger partial charge on any atom is 0.416 e. The van der Waals surface area contributed by atoms with E-state index >= 15 is 0 Å². The van der Waals surface area contributed by atoms with E-state index in [1.165, 1.54) is 25.4 Å².